The second-order valence-corrected chi connectivity index (χ2v) is 11.0. The van der Waals surface area contributed by atoms with Gasteiger partial charge in [0.05, 0.1) is 16.7 Å². The van der Waals surface area contributed by atoms with Crippen LogP contribution < -0.4 is 4.74 Å². The monoisotopic (exact) mass is 428 g/mol. The summed E-state index contributed by atoms with van der Waals surface area (Å²) < 4.78 is 6.63. The Balaban J connectivity index is 1.42. The minimum Gasteiger partial charge on any atom is -0.504 e. The van der Waals surface area contributed by atoms with Gasteiger partial charge in [-0.3, -0.25) is 4.90 Å². The summed E-state index contributed by atoms with van der Waals surface area (Å²) in [5, 5.41) is 24.7. The zero-order valence-corrected chi connectivity index (χ0v) is 18.3. The first-order chi connectivity index (χ1) is 15.5. The zero-order valence-electron chi connectivity index (χ0n) is 18.3. The van der Waals surface area contributed by atoms with Crippen LogP contribution in [0, 0.1) is 12.8 Å². The number of likely N-dealkylation sites (tertiary alicyclic amines) is 1. The number of piperidine rings is 1. The Bertz CT molecular complexity index is 1320. The molecule has 4 unspecified atom stereocenters. The number of aromatic nitrogens is 1. The Morgan fingerprint density at radius 1 is 1.22 bits per heavy atom. The lowest BCUT2D eigenvalue weighted by Gasteiger charge is -2.62. The molecule has 3 aromatic rings. The number of phenolic OH excluding ortho intramolecular Hbond substituents is 1. The van der Waals surface area contributed by atoms with Gasteiger partial charge >= 0.3 is 0 Å². The summed E-state index contributed by atoms with van der Waals surface area (Å²) in [6, 6.07) is 10.5. The molecule has 8 rings (SSSR count). The van der Waals surface area contributed by atoms with Crippen LogP contribution in [0.3, 0.4) is 0 Å². The molecule has 4 atom stereocenters. The van der Waals surface area contributed by atoms with E-state index < -0.39 is 11.0 Å². The molecule has 5 heteroatoms. The number of aromatic hydroxyl groups is 1. The maximum Gasteiger partial charge on any atom is 0.166 e. The summed E-state index contributed by atoms with van der Waals surface area (Å²) in [7, 11) is 0. The van der Waals surface area contributed by atoms with Crippen molar-refractivity contribution in [1.82, 2.24) is 9.88 Å². The maximum absolute atomic E-state index is 12.8. The highest BCUT2D eigenvalue weighted by molar-refractivity contribution is 5.87. The molecule has 3 heterocycles. The van der Waals surface area contributed by atoms with Gasteiger partial charge in [0.25, 0.3) is 0 Å². The Labute approximate surface area is 187 Å². The first kappa shape index (κ1) is 18.0. The van der Waals surface area contributed by atoms with Crippen LogP contribution in [0.15, 0.2) is 30.3 Å². The van der Waals surface area contributed by atoms with Gasteiger partial charge in [-0.05, 0) is 73.9 Å². The number of aliphatic hydroxyl groups is 1. The van der Waals surface area contributed by atoms with Gasteiger partial charge in [-0.1, -0.05) is 18.2 Å². The number of hydrogen-bond donors (Lipinski definition) is 3. The van der Waals surface area contributed by atoms with E-state index in [-0.39, 0.29) is 17.9 Å². The minimum atomic E-state index is -0.913. The highest BCUT2D eigenvalue weighted by Crippen LogP contribution is 2.69. The Morgan fingerprint density at radius 2 is 2.09 bits per heavy atom. The first-order valence-corrected chi connectivity index (χ1v) is 12.1. The molecular weight excluding hydrogens is 400 g/mol. The number of benzene rings is 2. The molecule has 5 nitrogen and oxygen atoms in total. The molecule has 0 amide bonds. The number of nitrogens with one attached hydrogen (secondary N) is 1. The van der Waals surface area contributed by atoms with E-state index in [1.54, 1.807) is 6.07 Å². The van der Waals surface area contributed by atoms with E-state index in [1.165, 1.54) is 34.9 Å². The highest BCUT2D eigenvalue weighted by Gasteiger charge is 2.72. The molecule has 2 fully saturated rings. The van der Waals surface area contributed by atoms with Gasteiger partial charge in [0.1, 0.15) is 0 Å². The van der Waals surface area contributed by atoms with Crippen molar-refractivity contribution in [1.29, 1.82) is 0 Å². The van der Waals surface area contributed by atoms with E-state index in [0.717, 1.165) is 48.6 Å². The largest absolute Gasteiger partial charge is 0.504 e. The van der Waals surface area contributed by atoms with Crippen LogP contribution in [0.25, 0.3) is 10.9 Å². The van der Waals surface area contributed by atoms with Crippen LogP contribution in [0.1, 0.15) is 53.3 Å². The zero-order chi connectivity index (χ0) is 21.4. The van der Waals surface area contributed by atoms with Crippen molar-refractivity contribution < 1.29 is 14.9 Å². The summed E-state index contributed by atoms with van der Waals surface area (Å²) in [6.07, 6.45) is 4.65. The van der Waals surface area contributed by atoms with Gasteiger partial charge in [0, 0.05) is 35.5 Å². The molecule has 3 N–H and O–H groups in total. The van der Waals surface area contributed by atoms with Gasteiger partial charge in [-0.25, -0.2) is 0 Å². The molecule has 32 heavy (non-hydrogen) atoms. The topological polar surface area (TPSA) is 68.7 Å². The number of H-pyrrole nitrogens is 1. The fraction of sp³-hybridized carbons (Fsp3) is 0.481. The van der Waals surface area contributed by atoms with Crippen molar-refractivity contribution in [3.8, 4) is 11.5 Å². The molecule has 1 aromatic heterocycles. The van der Waals surface area contributed by atoms with Crippen LogP contribution in [0.5, 0.6) is 11.5 Å². The van der Waals surface area contributed by atoms with E-state index in [2.05, 4.69) is 41.1 Å². The smallest absolute Gasteiger partial charge is 0.166 e. The molecule has 2 aliphatic heterocycles. The maximum atomic E-state index is 12.8. The van der Waals surface area contributed by atoms with Gasteiger partial charge in [0.15, 0.2) is 17.6 Å². The molecule has 3 aliphatic carbocycles. The van der Waals surface area contributed by atoms with E-state index in [9.17, 15) is 10.2 Å². The SMILES string of the molecule is Cc1ccc2c3c([nH]c2c1)C1Oc2c(O)ccc4c2C12CCN(CC1CC1)C(C4)C2(O)C3. The Morgan fingerprint density at radius 3 is 2.94 bits per heavy atom. The summed E-state index contributed by atoms with van der Waals surface area (Å²) in [6.45, 7) is 4.18. The van der Waals surface area contributed by atoms with E-state index in [1.807, 2.05) is 0 Å². The van der Waals surface area contributed by atoms with Crippen LogP contribution in [0.4, 0.5) is 0 Å². The van der Waals surface area contributed by atoms with Gasteiger partial charge in [0.2, 0.25) is 0 Å². The molecule has 1 saturated carbocycles. The number of phenols is 1. The molecule has 1 spiro atoms. The van der Waals surface area contributed by atoms with Crippen molar-refractivity contribution in [2.75, 3.05) is 13.1 Å². The second kappa shape index (κ2) is 5.52. The average Bonchev–Trinajstić information content (AvgIpc) is 3.41. The first-order valence-electron chi connectivity index (χ1n) is 12.1. The van der Waals surface area contributed by atoms with Crippen LogP contribution in [0.2, 0.25) is 0 Å². The number of fused-ring (bicyclic) bond motifs is 4. The average molecular weight is 429 g/mol. The van der Waals surface area contributed by atoms with Crippen molar-refractivity contribution in [3.63, 3.8) is 0 Å². The Hall–Kier alpha value is -2.50. The second-order valence-electron chi connectivity index (χ2n) is 11.0. The summed E-state index contributed by atoms with van der Waals surface area (Å²) in [5.74, 6) is 1.58. The molecule has 5 aliphatic rings. The molecule has 1 saturated heterocycles. The van der Waals surface area contributed by atoms with Gasteiger partial charge in [-0.15, -0.1) is 0 Å². The van der Waals surface area contributed by atoms with Crippen LogP contribution >= 0.6 is 0 Å². The van der Waals surface area contributed by atoms with E-state index in [0.29, 0.717) is 12.2 Å². The van der Waals surface area contributed by atoms with Crippen LogP contribution in [-0.4, -0.2) is 44.8 Å². The van der Waals surface area contributed by atoms with Crippen molar-refractivity contribution in [3.05, 3.63) is 58.3 Å². The summed E-state index contributed by atoms with van der Waals surface area (Å²) in [5.41, 5.74) is 5.51. The number of nitrogens with zero attached hydrogens (tertiary/aromatic N) is 1. The lowest BCUT2D eigenvalue weighted by Crippen LogP contribution is -2.74. The van der Waals surface area contributed by atoms with Crippen LogP contribution in [-0.2, 0) is 18.3 Å². The van der Waals surface area contributed by atoms with Gasteiger partial charge < -0.3 is 19.9 Å². The third-order valence-electron chi connectivity index (χ3n) is 9.32. The van der Waals surface area contributed by atoms with Crippen molar-refractivity contribution >= 4 is 10.9 Å². The third-order valence-corrected chi connectivity index (χ3v) is 9.32. The highest BCUT2D eigenvalue weighted by atomic mass is 16.5. The standard InChI is InChI=1S/C27H28N2O3/c1-14-2-6-17-18-12-27(31)21-11-16-5-7-20(30)24-22(16)26(27,8-9-29(21)13-15-3-4-15)25(32-24)23(18)28-19(17)10-14/h2,5-7,10,15,21,25,28,30-31H,3-4,8-9,11-13H2,1H3. The predicted molar refractivity (Wildman–Crippen MR) is 121 cm³/mol. The number of aromatic amines is 1. The Kier molecular flexibility index (Phi) is 3.10. The molecule has 0 radical (unpaired) electrons. The molecule has 2 bridgehead atoms. The van der Waals surface area contributed by atoms with Crippen molar-refractivity contribution in [2.45, 2.75) is 62.2 Å². The predicted octanol–water partition coefficient (Wildman–Crippen LogP) is 3.88. The summed E-state index contributed by atoms with van der Waals surface area (Å²) >= 11 is 0. The fourth-order valence-corrected chi connectivity index (χ4v) is 7.74. The number of rotatable bonds is 2. The van der Waals surface area contributed by atoms with E-state index in [4.69, 9.17) is 4.74 Å². The van der Waals surface area contributed by atoms with Gasteiger partial charge in [-0.2, -0.15) is 0 Å². The van der Waals surface area contributed by atoms with E-state index >= 15 is 0 Å². The number of ether oxygens (including phenoxy) is 1. The number of hydrogen-bond acceptors (Lipinski definition) is 4. The summed E-state index contributed by atoms with van der Waals surface area (Å²) in [4.78, 5) is 6.27. The molecule has 2 aromatic carbocycles. The normalized spacial score (nSPS) is 34.3. The molecular formula is C27H28N2O3. The molecule has 164 valence electrons. The fourth-order valence-electron chi connectivity index (χ4n) is 7.74. The quantitative estimate of drug-likeness (QED) is 0.580. The lowest BCUT2D eigenvalue weighted by molar-refractivity contribution is -0.173. The lowest BCUT2D eigenvalue weighted by atomic mass is 9.49. The van der Waals surface area contributed by atoms with Crippen molar-refractivity contribution in [2.24, 2.45) is 5.92 Å². The number of aryl methyl sites for hydroxylation is 1. The third kappa shape index (κ3) is 1.91. The minimum absolute atomic E-state index is 0.0782.